The van der Waals surface area contributed by atoms with Gasteiger partial charge in [0.05, 0.1) is 24.4 Å². The summed E-state index contributed by atoms with van der Waals surface area (Å²) >= 11 is 0. The average Bonchev–Trinajstić information content (AvgIpc) is 2.88. The number of guanidine groups is 1. The maximum Gasteiger partial charge on any atom is 0.412 e. The van der Waals surface area contributed by atoms with E-state index < -0.39 is 11.3 Å². The summed E-state index contributed by atoms with van der Waals surface area (Å²) in [5.74, 6) is 1.52. The van der Waals surface area contributed by atoms with Gasteiger partial charge in [0.2, 0.25) is 0 Å². The molecule has 2 rings (SSSR count). The van der Waals surface area contributed by atoms with E-state index in [1.807, 2.05) is 78.7 Å². The van der Waals surface area contributed by atoms with Gasteiger partial charge in [-0.05, 0) is 53.7 Å². The topological polar surface area (TPSA) is 91.3 Å². The lowest BCUT2D eigenvalue weighted by atomic mass is 10.1. The molecule has 1 amide bonds. The Hall–Kier alpha value is -2.55. The molecule has 2 heterocycles. The van der Waals surface area contributed by atoms with Crippen LogP contribution in [0.5, 0.6) is 0 Å². The van der Waals surface area contributed by atoms with Gasteiger partial charge < -0.3 is 25.0 Å². The lowest BCUT2D eigenvalue weighted by Gasteiger charge is -2.35. The summed E-state index contributed by atoms with van der Waals surface area (Å²) in [6.45, 7) is 12.3. The molecule has 0 saturated carbocycles. The number of hydrogen-bond acceptors (Lipinski definition) is 6. The van der Waals surface area contributed by atoms with Crippen LogP contribution < -0.4 is 15.5 Å². The van der Waals surface area contributed by atoms with Crippen LogP contribution in [0.3, 0.4) is 0 Å². The summed E-state index contributed by atoms with van der Waals surface area (Å²) in [6.07, 6.45) is -0.548. The minimum atomic E-state index is -0.762. The number of rotatable bonds is 5. The fraction of sp³-hybridized carbons (Fsp3) is 0.682. The number of nitrogens with one attached hydrogen (secondary N) is 2. The van der Waals surface area contributed by atoms with Gasteiger partial charge in [-0.1, -0.05) is 6.07 Å². The van der Waals surface area contributed by atoms with Crippen LogP contribution in [0, 0.1) is 0 Å². The molecule has 0 aromatic carbocycles. The van der Waals surface area contributed by atoms with Crippen molar-refractivity contribution in [2.24, 2.45) is 4.99 Å². The molecule has 174 valence electrons. The molecule has 9 heteroatoms. The van der Waals surface area contributed by atoms with Gasteiger partial charge in [-0.15, -0.1) is 0 Å². The third kappa shape index (κ3) is 6.72. The zero-order chi connectivity index (χ0) is 23.4. The van der Waals surface area contributed by atoms with Crippen LogP contribution >= 0.6 is 0 Å². The molecule has 1 aromatic heterocycles. The van der Waals surface area contributed by atoms with E-state index in [0.29, 0.717) is 19.0 Å². The molecule has 1 aromatic rings. The lowest BCUT2D eigenvalue weighted by Crippen LogP contribution is -2.54. The van der Waals surface area contributed by atoms with Crippen molar-refractivity contribution >= 4 is 17.9 Å². The van der Waals surface area contributed by atoms with Gasteiger partial charge in [-0.25, -0.2) is 9.78 Å². The summed E-state index contributed by atoms with van der Waals surface area (Å²) in [5, 5.41) is 6.58. The summed E-state index contributed by atoms with van der Waals surface area (Å²) in [5.41, 5.74) is -0.437. The number of hydrogen-bond donors (Lipinski definition) is 2. The molecular weight excluding hydrogens is 396 g/mol. The fourth-order valence-corrected chi connectivity index (χ4v) is 3.53. The second kappa shape index (κ2) is 9.72. The number of amides is 1. The predicted molar refractivity (Wildman–Crippen MR) is 123 cm³/mol. The van der Waals surface area contributed by atoms with E-state index in [-0.39, 0.29) is 18.2 Å². The van der Waals surface area contributed by atoms with Gasteiger partial charge in [0.25, 0.3) is 0 Å². The summed E-state index contributed by atoms with van der Waals surface area (Å²) < 4.78 is 11.7. The van der Waals surface area contributed by atoms with Crippen LogP contribution in [0.25, 0.3) is 0 Å². The SMILES string of the molecule is CN=C(NCc1cccc(N(C)C)n1)NCC1C(C)OC(C)(C)N1C(=O)OC(C)(C)C. The van der Waals surface area contributed by atoms with Crippen molar-refractivity contribution in [3.63, 3.8) is 0 Å². The molecule has 9 nitrogen and oxygen atoms in total. The Morgan fingerprint density at radius 3 is 2.58 bits per heavy atom. The van der Waals surface area contributed by atoms with Gasteiger partial charge in [-0.2, -0.15) is 0 Å². The van der Waals surface area contributed by atoms with E-state index in [9.17, 15) is 4.79 Å². The minimum absolute atomic E-state index is 0.161. The molecule has 0 bridgehead atoms. The highest BCUT2D eigenvalue weighted by atomic mass is 16.6. The van der Waals surface area contributed by atoms with Crippen molar-refractivity contribution in [2.45, 2.75) is 71.6 Å². The number of carbonyl (C=O) groups excluding carboxylic acids is 1. The molecule has 1 saturated heterocycles. The van der Waals surface area contributed by atoms with E-state index >= 15 is 0 Å². The van der Waals surface area contributed by atoms with Crippen molar-refractivity contribution in [3.8, 4) is 0 Å². The Balaban J connectivity index is 2.02. The molecule has 2 unspecified atom stereocenters. The van der Waals surface area contributed by atoms with Gasteiger partial charge in [0, 0.05) is 27.7 Å². The number of aromatic nitrogens is 1. The first-order chi connectivity index (χ1) is 14.3. The van der Waals surface area contributed by atoms with E-state index in [4.69, 9.17) is 9.47 Å². The Morgan fingerprint density at radius 1 is 1.32 bits per heavy atom. The summed E-state index contributed by atoms with van der Waals surface area (Å²) in [6, 6.07) is 5.70. The monoisotopic (exact) mass is 434 g/mol. The fourth-order valence-electron chi connectivity index (χ4n) is 3.53. The highest BCUT2D eigenvalue weighted by Crippen LogP contribution is 2.33. The maximum absolute atomic E-state index is 12.9. The third-order valence-corrected chi connectivity index (χ3v) is 4.91. The molecule has 0 spiro atoms. The summed E-state index contributed by atoms with van der Waals surface area (Å²) in [4.78, 5) is 25.4. The number of aliphatic imine (C=N–C) groups is 1. The van der Waals surface area contributed by atoms with Crippen molar-refractivity contribution in [2.75, 3.05) is 32.6 Å². The van der Waals surface area contributed by atoms with Crippen LogP contribution in [-0.2, 0) is 16.0 Å². The Kier molecular flexibility index (Phi) is 7.75. The largest absolute Gasteiger partial charge is 0.444 e. The molecule has 1 fully saturated rings. The highest BCUT2D eigenvalue weighted by molar-refractivity contribution is 5.79. The lowest BCUT2D eigenvalue weighted by molar-refractivity contribution is -0.0755. The van der Waals surface area contributed by atoms with Crippen molar-refractivity contribution in [3.05, 3.63) is 23.9 Å². The first kappa shape index (κ1) is 24.7. The summed E-state index contributed by atoms with van der Waals surface area (Å²) in [7, 11) is 5.63. The number of pyridine rings is 1. The molecule has 0 aliphatic carbocycles. The maximum atomic E-state index is 12.9. The first-order valence-electron chi connectivity index (χ1n) is 10.6. The number of anilines is 1. The van der Waals surface area contributed by atoms with Crippen LogP contribution in [0.2, 0.25) is 0 Å². The molecule has 1 aliphatic heterocycles. The second-order valence-corrected chi connectivity index (χ2v) is 9.38. The van der Waals surface area contributed by atoms with Crippen LogP contribution in [0.15, 0.2) is 23.2 Å². The quantitative estimate of drug-likeness (QED) is 0.544. The zero-order valence-electron chi connectivity index (χ0n) is 20.3. The van der Waals surface area contributed by atoms with E-state index in [1.54, 1.807) is 11.9 Å². The molecule has 2 N–H and O–H groups in total. The standard InChI is InChI=1S/C22H38N6O3/c1-15-17(28(22(5,6)30-15)20(29)31-21(2,3)4)14-25-19(23-7)24-13-16-11-10-12-18(26-16)27(8)9/h10-12,15,17H,13-14H2,1-9H3,(H2,23,24,25). The van der Waals surface area contributed by atoms with Gasteiger partial charge in [0.15, 0.2) is 5.96 Å². The van der Waals surface area contributed by atoms with Crippen molar-refractivity contribution in [1.29, 1.82) is 0 Å². The predicted octanol–water partition coefficient (Wildman–Crippen LogP) is 2.57. The van der Waals surface area contributed by atoms with Gasteiger partial charge in [0.1, 0.15) is 17.1 Å². The van der Waals surface area contributed by atoms with Crippen LogP contribution in [-0.4, -0.2) is 73.1 Å². The first-order valence-corrected chi connectivity index (χ1v) is 10.6. The van der Waals surface area contributed by atoms with E-state index in [0.717, 1.165) is 11.5 Å². The average molecular weight is 435 g/mol. The Bertz CT molecular complexity index is 788. The van der Waals surface area contributed by atoms with E-state index in [2.05, 4.69) is 20.6 Å². The van der Waals surface area contributed by atoms with Crippen LogP contribution in [0.1, 0.15) is 47.2 Å². The molecule has 31 heavy (non-hydrogen) atoms. The number of nitrogens with zero attached hydrogens (tertiary/aromatic N) is 4. The van der Waals surface area contributed by atoms with Gasteiger partial charge >= 0.3 is 6.09 Å². The highest BCUT2D eigenvalue weighted by Gasteiger charge is 2.49. The molecule has 2 atom stereocenters. The molecule has 0 radical (unpaired) electrons. The normalized spacial score (nSPS) is 21.1. The smallest absolute Gasteiger partial charge is 0.412 e. The van der Waals surface area contributed by atoms with Crippen molar-refractivity contribution < 1.29 is 14.3 Å². The number of carbonyl (C=O) groups is 1. The van der Waals surface area contributed by atoms with Gasteiger partial charge in [-0.3, -0.25) is 9.89 Å². The Morgan fingerprint density at radius 2 is 2.00 bits per heavy atom. The number of ether oxygens (including phenoxy) is 2. The van der Waals surface area contributed by atoms with Crippen LogP contribution in [0.4, 0.5) is 10.6 Å². The van der Waals surface area contributed by atoms with E-state index in [1.165, 1.54) is 0 Å². The van der Waals surface area contributed by atoms with Crippen molar-refractivity contribution in [1.82, 2.24) is 20.5 Å². The minimum Gasteiger partial charge on any atom is -0.444 e. The third-order valence-electron chi connectivity index (χ3n) is 4.91. The zero-order valence-corrected chi connectivity index (χ0v) is 20.3. The molecular formula is C22H38N6O3. The molecule has 1 aliphatic rings. The Labute approximate surface area is 186 Å². The second-order valence-electron chi connectivity index (χ2n) is 9.38.